The van der Waals surface area contributed by atoms with Crippen molar-refractivity contribution < 1.29 is 0 Å². The lowest BCUT2D eigenvalue weighted by molar-refractivity contribution is 0.198. The third kappa shape index (κ3) is 3.91. The highest BCUT2D eigenvalue weighted by molar-refractivity contribution is 5.54. The summed E-state index contributed by atoms with van der Waals surface area (Å²) in [7, 11) is 4.31. The fourth-order valence-electron chi connectivity index (χ4n) is 3.48. The van der Waals surface area contributed by atoms with Gasteiger partial charge in [0.05, 0.1) is 18.6 Å². The molecule has 0 radical (unpaired) electrons. The van der Waals surface area contributed by atoms with Crippen molar-refractivity contribution >= 4 is 17.3 Å². The number of nitrogens with zero attached hydrogens (tertiary/aromatic N) is 7. The second-order valence-electron chi connectivity index (χ2n) is 7.77. The Balaban J connectivity index is 1.44. The zero-order valence-electron chi connectivity index (χ0n) is 16.9. The van der Waals surface area contributed by atoms with Crippen LogP contribution >= 0.6 is 0 Å². The molecule has 4 rings (SSSR count). The molecule has 1 saturated heterocycles. The molecule has 0 aliphatic carbocycles. The maximum atomic E-state index is 8.79. The van der Waals surface area contributed by atoms with Gasteiger partial charge in [0.25, 0.3) is 0 Å². The van der Waals surface area contributed by atoms with Crippen molar-refractivity contribution in [2.45, 2.75) is 18.9 Å². The first-order valence-electron chi connectivity index (χ1n) is 9.53. The highest BCUT2D eigenvalue weighted by atomic mass is 15.3. The van der Waals surface area contributed by atoms with Crippen LogP contribution in [-0.4, -0.2) is 57.1 Å². The topological polar surface area (TPSA) is 85.9 Å². The van der Waals surface area contributed by atoms with E-state index in [-0.39, 0.29) is 11.2 Å². The summed E-state index contributed by atoms with van der Waals surface area (Å²) in [5.41, 5.74) is 2.78. The molecule has 3 heterocycles. The normalized spacial score (nSPS) is 18.8. The summed E-state index contributed by atoms with van der Waals surface area (Å²) in [6, 6.07) is 10.5. The molecule has 148 valence electrons. The average molecular weight is 388 g/mol. The molecule has 3 aromatic rings. The van der Waals surface area contributed by atoms with Gasteiger partial charge in [-0.3, -0.25) is 0 Å². The lowest BCUT2D eigenvalue weighted by atomic mass is 10.0. The van der Waals surface area contributed by atoms with Gasteiger partial charge in [0.2, 0.25) is 0 Å². The molecule has 1 aliphatic heterocycles. The van der Waals surface area contributed by atoms with Gasteiger partial charge in [-0.1, -0.05) is 0 Å². The summed E-state index contributed by atoms with van der Waals surface area (Å²) in [5, 5.41) is 11.9. The summed E-state index contributed by atoms with van der Waals surface area (Å²) >= 11 is 0. The molecule has 0 spiro atoms. The second-order valence-corrected chi connectivity index (χ2v) is 7.77. The standard InChI is InChI=1S/C21H24N8/c1-21(27(2)3)8-9-28(14-21)17-4-6-18(7-5-17)29-13-20(25-15-29)26-19-12-23-16(10-22)11-24-19/h4-7,11-13,15H,8-9,14H2,1-3H3,(H,24,26)/t21-/m1/s1. The van der Waals surface area contributed by atoms with Crippen LogP contribution in [0.5, 0.6) is 0 Å². The van der Waals surface area contributed by atoms with Crippen LogP contribution in [0.25, 0.3) is 5.69 Å². The lowest BCUT2D eigenvalue weighted by Gasteiger charge is -2.32. The molecule has 29 heavy (non-hydrogen) atoms. The molecular formula is C21H24N8. The van der Waals surface area contributed by atoms with Crippen LogP contribution in [0.1, 0.15) is 19.0 Å². The van der Waals surface area contributed by atoms with Gasteiger partial charge in [0.1, 0.15) is 24.0 Å². The minimum Gasteiger partial charge on any atom is -0.370 e. The van der Waals surface area contributed by atoms with Crippen molar-refractivity contribution in [3.8, 4) is 11.8 Å². The summed E-state index contributed by atoms with van der Waals surface area (Å²) in [6.45, 7) is 4.42. The molecule has 8 heteroatoms. The van der Waals surface area contributed by atoms with E-state index in [1.165, 1.54) is 18.1 Å². The van der Waals surface area contributed by atoms with E-state index in [0.717, 1.165) is 25.2 Å². The molecule has 0 bridgehead atoms. The van der Waals surface area contributed by atoms with E-state index in [1.54, 1.807) is 6.33 Å². The van der Waals surface area contributed by atoms with Gasteiger partial charge < -0.3 is 19.7 Å². The van der Waals surface area contributed by atoms with Gasteiger partial charge in [-0.05, 0) is 51.7 Å². The molecule has 0 unspecified atom stereocenters. The number of likely N-dealkylation sites (N-methyl/N-ethyl adjacent to an activating group) is 1. The number of hydrogen-bond acceptors (Lipinski definition) is 7. The highest BCUT2D eigenvalue weighted by Crippen LogP contribution is 2.30. The fraction of sp³-hybridized carbons (Fsp3) is 0.333. The molecule has 8 nitrogen and oxygen atoms in total. The van der Waals surface area contributed by atoms with E-state index in [9.17, 15) is 0 Å². The monoisotopic (exact) mass is 388 g/mol. The Kier molecular flexibility index (Phi) is 4.91. The Morgan fingerprint density at radius 2 is 1.83 bits per heavy atom. The van der Waals surface area contributed by atoms with E-state index in [0.29, 0.717) is 11.6 Å². The van der Waals surface area contributed by atoms with E-state index in [4.69, 9.17) is 5.26 Å². The molecule has 1 aliphatic rings. The van der Waals surface area contributed by atoms with Crippen LogP contribution < -0.4 is 10.2 Å². The Hall–Kier alpha value is -3.44. The average Bonchev–Trinajstić information content (AvgIpc) is 3.36. The van der Waals surface area contributed by atoms with Gasteiger partial charge in [0, 0.05) is 30.0 Å². The highest BCUT2D eigenvalue weighted by Gasteiger charge is 2.35. The second kappa shape index (κ2) is 7.53. The van der Waals surface area contributed by atoms with Gasteiger partial charge in [-0.15, -0.1) is 0 Å². The van der Waals surface area contributed by atoms with Crippen LogP contribution in [-0.2, 0) is 0 Å². The molecule has 1 aromatic carbocycles. The van der Waals surface area contributed by atoms with Crippen LogP contribution in [0.3, 0.4) is 0 Å². The van der Waals surface area contributed by atoms with Crippen LogP contribution in [0.15, 0.2) is 49.2 Å². The van der Waals surface area contributed by atoms with Crippen LogP contribution in [0.2, 0.25) is 0 Å². The van der Waals surface area contributed by atoms with Crippen LogP contribution in [0, 0.1) is 11.3 Å². The van der Waals surface area contributed by atoms with Crippen molar-refractivity contribution in [1.29, 1.82) is 5.26 Å². The number of anilines is 3. The number of benzene rings is 1. The van der Waals surface area contributed by atoms with Crippen molar-refractivity contribution in [2.24, 2.45) is 0 Å². The van der Waals surface area contributed by atoms with Crippen molar-refractivity contribution in [2.75, 3.05) is 37.4 Å². The maximum Gasteiger partial charge on any atom is 0.158 e. The molecule has 0 amide bonds. The minimum atomic E-state index is 0.220. The Morgan fingerprint density at radius 3 is 2.45 bits per heavy atom. The van der Waals surface area contributed by atoms with Crippen molar-refractivity contribution in [1.82, 2.24) is 24.4 Å². The van der Waals surface area contributed by atoms with Crippen molar-refractivity contribution in [3.05, 3.63) is 54.9 Å². The third-order valence-corrected chi connectivity index (χ3v) is 5.65. The predicted octanol–water partition coefficient (Wildman–Crippen LogP) is 2.81. The number of aromatic nitrogens is 4. The maximum absolute atomic E-state index is 8.79. The largest absolute Gasteiger partial charge is 0.370 e. The molecule has 0 saturated carbocycles. The SMILES string of the molecule is CN(C)[C@]1(C)CCN(c2ccc(-n3cnc(Nc4cnc(C#N)cn4)c3)cc2)C1. The number of imidazole rings is 1. The Morgan fingerprint density at radius 1 is 1.07 bits per heavy atom. The number of rotatable bonds is 5. The van der Waals surface area contributed by atoms with Gasteiger partial charge in [0.15, 0.2) is 5.69 Å². The quantitative estimate of drug-likeness (QED) is 0.719. The molecule has 2 aromatic heterocycles. The van der Waals surface area contributed by atoms with Crippen LogP contribution in [0.4, 0.5) is 17.3 Å². The summed E-state index contributed by atoms with van der Waals surface area (Å²) in [6.07, 6.45) is 7.76. The first kappa shape index (κ1) is 18.9. The van der Waals surface area contributed by atoms with Gasteiger partial charge in [-0.2, -0.15) is 5.26 Å². The van der Waals surface area contributed by atoms with E-state index in [1.807, 2.05) is 16.8 Å². The number of hydrogen-bond donors (Lipinski definition) is 1. The molecule has 1 atom stereocenters. The number of nitriles is 1. The summed E-state index contributed by atoms with van der Waals surface area (Å²) < 4.78 is 1.96. The third-order valence-electron chi connectivity index (χ3n) is 5.65. The summed E-state index contributed by atoms with van der Waals surface area (Å²) in [4.78, 5) is 17.3. The lowest BCUT2D eigenvalue weighted by Crippen LogP contribution is -2.43. The smallest absolute Gasteiger partial charge is 0.158 e. The van der Waals surface area contributed by atoms with E-state index < -0.39 is 0 Å². The zero-order chi connectivity index (χ0) is 20.4. The number of nitrogens with one attached hydrogen (secondary N) is 1. The van der Waals surface area contributed by atoms with E-state index in [2.05, 4.69) is 75.4 Å². The Labute approximate surface area is 170 Å². The molecule has 1 fully saturated rings. The molecular weight excluding hydrogens is 364 g/mol. The fourth-order valence-corrected chi connectivity index (χ4v) is 3.48. The Bertz CT molecular complexity index is 1020. The first-order valence-corrected chi connectivity index (χ1v) is 9.53. The van der Waals surface area contributed by atoms with E-state index >= 15 is 0 Å². The predicted molar refractivity (Wildman–Crippen MR) is 113 cm³/mol. The molecule has 1 N–H and O–H groups in total. The summed E-state index contributed by atoms with van der Waals surface area (Å²) in [5.74, 6) is 1.21. The van der Waals surface area contributed by atoms with Gasteiger partial charge in [-0.25, -0.2) is 15.0 Å². The zero-order valence-corrected chi connectivity index (χ0v) is 16.9. The first-order chi connectivity index (χ1) is 14.0. The van der Waals surface area contributed by atoms with Crippen molar-refractivity contribution in [3.63, 3.8) is 0 Å². The minimum absolute atomic E-state index is 0.220. The van der Waals surface area contributed by atoms with Gasteiger partial charge >= 0.3 is 0 Å².